The van der Waals surface area contributed by atoms with Gasteiger partial charge in [0.15, 0.2) is 0 Å². The van der Waals surface area contributed by atoms with Crippen LogP contribution in [0.25, 0.3) is 0 Å². The molecule has 0 aromatic heterocycles. The van der Waals surface area contributed by atoms with E-state index in [1.165, 1.54) is 19.3 Å². The van der Waals surface area contributed by atoms with E-state index < -0.39 is 0 Å². The molecule has 1 saturated carbocycles. The zero-order chi connectivity index (χ0) is 12.9. The van der Waals surface area contributed by atoms with Crippen LogP contribution >= 0.6 is 0 Å². The van der Waals surface area contributed by atoms with Crippen molar-refractivity contribution in [2.45, 2.75) is 65.3 Å². The Labute approximate surface area is 105 Å². The Kier molecular flexibility index (Phi) is 5.29. The van der Waals surface area contributed by atoms with E-state index in [2.05, 4.69) is 26.1 Å². The first kappa shape index (κ1) is 14.3. The topological polar surface area (TPSA) is 38.3 Å². The average Bonchev–Trinajstić information content (AvgIpc) is 2.26. The molecule has 0 aliphatic heterocycles. The van der Waals surface area contributed by atoms with E-state index in [4.69, 9.17) is 4.74 Å². The molecule has 0 radical (unpaired) electrons. The van der Waals surface area contributed by atoms with Crippen LogP contribution in [-0.4, -0.2) is 18.2 Å². The van der Waals surface area contributed by atoms with Gasteiger partial charge in [0.1, 0.15) is 0 Å². The van der Waals surface area contributed by atoms with E-state index in [9.17, 15) is 4.79 Å². The molecule has 0 bridgehead atoms. The molecule has 1 aliphatic rings. The second kappa shape index (κ2) is 6.27. The van der Waals surface area contributed by atoms with Gasteiger partial charge in [0, 0.05) is 5.54 Å². The summed E-state index contributed by atoms with van der Waals surface area (Å²) >= 11 is 0. The summed E-state index contributed by atoms with van der Waals surface area (Å²) in [5.74, 6) is 1.16. The number of ether oxygens (including phenoxy) is 1. The molecular weight excluding hydrogens is 214 g/mol. The Balaban J connectivity index is 2.59. The first-order chi connectivity index (χ1) is 7.99. The van der Waals surface area contributed by atoms with Crippen LogP contribution in [0.4, 0.5) is 4.79 Å². The lowest BCUT2D eigenvalue weighted by atomic mass is 9.69. The van der Waals surface area contributed by atoms with E-state index in [-0.39, 0.29) is 11.6 Å². The lowest BCUT2D eigenvalue weighted by Crippen LogP contribution is -2.54. The quantitative estimate of drug-likeness (QED) is 0.814. The first-order valence-electron chi connectivity index (χ1n) is 6.94. The highest BCUT2D eigenvalue weighted by Crippen LogP contribution is 2.38. The highest BCUT2D eigenvalue weighted by molar-refractivity contribution is 5.68. The maximum absolute atomic E-state index is 11.7. The van der Waals surface area contributed by atoms with Gasteiger partial charge in [-0.2, -0.15) is 0 Å². The molecule has 0 saturated heterocycles. The van der Waals surface area contributed by atoms with E-state index in [0.717, 1.165) is 12.8 Å². The van der Waals surface area contributed by atoms with Crippen molar-refractivity contribution in [1.82, 2.24) is 5.32 Å². The lowest BCUT2D eigenvalue weighted by Gasteiger charge is -2.44. The van der Waals surface area contributed by atoms with Crippen LogP contribution in [0.2, 0.25) is 0 Å². The van der Waals surface area contributed by atoms with Gasteiger partial charge in [0.05, 0.1) is 6.61 Å². The summed E-state index contributed by atoms with van der Waals surface area (Å²) in [6, 6.07) is 0. The molecule has 1 N–H and O–H groups in total. The van der Waals surface area contributed by atoms with Crippen molar-refractivity contribution in [2.75, 3.05) is 6.61 Å². The number of carbonyl (C=O) groups is 1. The van der Waals surface area contributed by atoms with E-state index in [0.29, 0.717) is 18.4 Å². The predicted molar refractivity (Wildman–Crippen MR) is 70.0 cm³/mol. The summed E-state index contributed by atoms with van der Waals surface area (Å²) in [6.45, 7) is 9.17. The van der Waals surface area contributed by atoms with Gasteiger partial charge in [-0.05, 0) is 38.0 Å². The molecule has 100 valence electrons. The Bertz CT molecular complexity index is 253. The highest BCUT2D eigenvalue weighted by atomic mass is 16.5. The molecule has 0 spiro atoms. The smallest absolute Gasteiger partial charge is 0.407 e. The van der Waals surface area contributed by atoms with Gasteiger partial charge in [-0.1, -0.05) is 33.6 Å². The van der Waals surface area contributed by atoms with Crippen LogP contribution in [0.5, 0.6) is 0 Å². The Hall–Kier alpha value is -0.730. The third kappa shape index (κ3) is 3.90. The molecule has 3 nitrogen and oxygen atoms in total. The van der Waals surface area contributed by atoms with E-state index >= 15 is 0 Å². The number of nitrogens with one attached hydrogen (secondary N) is 1. The summed E-state index contributed by atoms with van der Waals surface area (Å²) < 4.78 is 5.14. The van der Waals surface area contributed by atoms with E-state index in [1.807, 2.05) is 6.92 Å². The molecule has 1 fully saturated rings. The first-order valence-corrected chi connectivity index (χ1v) is 6.94. The zero-order valence-electron chi connectivity index (χ0n) is 11.7. The van der Waals surface area contributed by atoms with Crippen molar-refractivity contribution in [3.63, 3.8) is 0 Å². The summed E-state index contributed by atoms with van der Waals surface area (Å²) in [5.41, 5.74) is -0.0861. The second-order valence-corrected chi connectivity index (χ2v) is 5.77. The van der Waals surface area contributed by atoms with Crippen LogP contribution in [0.3, 0.4) is 0 Å². The Morgan fingerprint density at radius 3 is 2.76 bits per heavy atom. The number of rotatable bonds is 4. The van der Waals surface area contributed by atoms with Gasteiger partial charge in [-0.25, -0.2) is 4.79 Å². The monoisotopic (exact) mass is 241 g/mol. The molecule has 0 heterocycles. The van der Waals surface area contributed by atoms with Gasteiger partial charge in [0.25, 0.3) is 0 Å². The third-order valence-electron chi connectivity index (χ3n) is 3.91. The summed E-state index contributed by atoms with van der Waals surface area (Å²) in [5, 5.41) is 3.10. The Morgan fingerprint density at radius 2 is 2.18 bits per heavy atom. The van der Waals surface area contributed by atoms with Gasteiger partial charge in [-0.15, -0.1) is 0 Å². The molecule has 17 heavy (non-hydrogen) atoms. The molecule has 1 rings (SSSR count). The van der Waals surface area contributed by atoms with Crippen LogP contribution in [0.15, 0.2) is 0 Å². The molecule has 0 aromatic rings. The van der Waals surface area contributed by atoms with Gasteiger partial charge in [-0.3, -0.25) is 0 Å². The third-order valence-corrected chi connectivity index (χ3v) is 3.91. The standard InChI is InChI=1S/C14H27NO2/c1-5-10-17-13(16)15-14(4)9-7-6-8-12(14)11(2)3/h11-12H,5-10H2,1-4H3,(H,15,16). The van der Waals surface area contributed by atoms with Gasteiger partial charge >= 0.3 is 6.09 Å². The molecule has 3 heteroatoms. The van der Waals surface area contributed by atoms with Crippen LogP contribution in [-0.2, 0) is 4.74 Å². The number of hydrogen-bond donors (Lipinski definition) is 1. The number of amides is 1. The van der Waals surface area contributed by atoms with Crippen LogP contribution in [0, 0.1) is 11.8 Å². The van der Waals surface area contributed by atoms with Crippen molar-refractivity contribution in [3.05, 3.63) is 0 Å². The minimum Gasteiger partial charge on any atom is -0.450 e. The average molecular weight is 241 g/mol. The molecule has 0 aromatic carbocycles. The Morgan fingerprint density at radius 1 is 1.47 bits per heavy atom. The van der Waals surface area contributed by atoms with Gasteiger partial charge < -0.3 is 10.1 Å². The number of hydrogen-bond acceptors (Lipinski definition) is 2. The number of alkyl carbamates (subject to hydrolysis) is 1. The maximum atomic E-state index is 11.7. The summed E-state index contributed by atoms with van der Waals surface area (Å²) in [7, 11) is 0. The largest absolute Gasteiger partial charge is 0.450 e. The number of carbonyl (C=O) groups excluding carboxylic acids is 1. The molecule has 1 aliphatic carbocycles. The van der Waals surface area contributed by atoms with Crippen molar-refractivity contribution < 1.29 is 9.53 Å². The van der Waals surface area contributed by atoms with Crippen LogP contribution < -0.4 is 5.32 Å². The van der Waals surface area contributed by atoms with Crippen molar-refractivity contribution >= 4 is 6.09 Å². The fourth-order valence-corrected chi connectivity index (χ4v) is 3.05. The summed E-state index contributed by atoms with van der Waals surface area (Å²) in [6.07, 6.45) is 5.39. The van der Waals surface area contributed by atoms with Crippen molar-refractivity contribution in [1.29, 1.82) is 0 Å². The zero-order valence-corrected chi connectivity index (χ0v) is 11.7. The minimum atomic E-state index is -0.248. The minimum absolute atomic E-state index is 0.0861. The fraction of sp³-hybridized carbons (Fsp3) is 0.929. The lowest BCUT2D eigenvalue weighted by molar-refractivity contribution is 0.0901. The molecule has 2 unspecified atom stereocenters. The van der Waals surface area contributed by atoms with Crippen molar-refractivity contribution in [2.24, 2.45) is 11.8 Å². The SMILES string of the molecule is CCCOC(=O)NC1(C)CCCCC1C(C)C. The highest BCUT2D eigenvalue weighted by Gasteiger charge is 2.39. The molecular formula is C14H27NO2. The fourth-order valence-electron chi connectivity index (χ4n) is 3.05. The maximum Gasteiger partial charge on any atom is 0.407 e. The predicted octanol–water partition coefficient (Wildman–Crippen LogP) is 3.73. The van der Waals surface area contributed by atoms with Crippen molar-refractivity contribution in [3.8, 4) is 0 Å². The van der Waals surface area contributed by atoms with E-state index in [1.54, 1.807) is 0 Å². The normalized spacial score (nSPS) is 29.1. The second-order valence-electron chi connectivity index (χ2n) is 5.77. The van der Waals surface area contributed by atoms with Gasteiger partial charge in [0.2, 0.25) is 0 Å². The molecule has 1 amide bonds. The van der Waals surface area contributed by atoms with Crippen LogP contribution in [0.1, 0.15) is 59.8 Å². The summed E-state index contributed by atoms with van der Waals surface area (Å²) in [4.78, 5) is 11.7. The molecule has 2 atom stereocenters.